The third-order valence-corrected chi connectivity index (χ3v) is 4.89. The van der Waals surface area contributed by atoms with Gasteiger partial charge < -0.3 is 5.32 Å². The topological polar surface area (TPSA) is 12.0 Å². The first-order valence-electron chi connectivity index (χ1n) is 7.02. The van der Waals surface area contributed by atoms with Crippen LogP contribution < -0.4 is 5.32 Å². The molecule has 0 amide bonds. The first-order valence-corrected chi connectivity index (χ1v) is 7.02. The molecule has 15 heavy (non-hydrogen) atoms. The van der Waals surface area contributed by atoms with Crippen molar-refractivity contribution < 1.29 is 0 Å². The molecule has 0 radical (unpaired) electrons. The summed E-state index contributed by atoms with van der Waals surface area (Å²) in [6, 6.07) is 0. The third kappa shape index (κ3) is 2.75. The van der Waals surface area contributed by atoms with Gasteiger partial charge in [0.1, 0.15) is 0 Å². The molecule has 1 N–H and O–H groups in total. The third-order valence-electron chi connectivity index (χ3n) is 4.89. The Labute approximate surface area is 95.0 Å². The van der Waals surface area contributed by atoms with Crippen LogP contribution in [0.1, 0.15) is 52.4 Å². The van der Waals surface area contributed by atoms with Crippen molar-refractivity contribution in [2.45, 2.75) is 52.4 Å². The molecular weight excluding hydrogens is 182 g/mol. The van der Waals surface area contributed by atoms with Crippen LogP contribution in [0.3, 0.4) is 0 Å². The molecule has 0 aromatic heterocycles. The van der Waals surface area contributed by atoms with Crippen molar-refractivity contribution in [2.24, 2.45) is 23.7 Å². The number of hydrogen-bond donors (Lipinski definition) is 1. The van der Waals surface area contributed by atoms with E-state index in [1.807, 2.05) is 0 Å². The molecule has 1 aliphatic carbocycles. The second kappa shape index (κ2) is 5.34. The Morgan fingerprint density at radius 2 is 2.07 bits per heavy atom. The van der Waals surface area contributed by atoms with Gasteiger partial charge in [0, 0.05) is 0 Å². The van der Waals surface area contributed by atoms with Gasteiger partial charge in [0.2, 0.25) is 0 Å². The molecule has 1 saturated heterocycles. The standard InChI is InChI=1S/C14H27N/c1-3-12-5-4-6-13(9-12)14-10-15-8-7-11(14)2/h11-15H,3-10H2,1-2H3. The molecular formula is C14H27N. The summed E-state index contributed by atoms with van der Waals surface area (Å²) in [5.41, 5.74) is 0. The summed E-state index contributed by atoms with van der Waals surface area (Å²) in [4.78, 5) is 0. The van der Waals surface area contributed by atoms with Gasteiger partial charge in [-0.05, 0) is 49.6 Å². The molecule has 4 unspecified atom stereocenters. The van der Waals surface area contributed by atoms with Crippen LogP contribution >= 0.6 is 0 Å². The van der Waals surface area contributed by atoms with E-state index in [4.69, 9.17) is 0 Å². The summed E-state index contributed by atoms with van der Waals surface area (Å²) in [5.74, 6) is 4.02. The van der Waals surface area contributed by atoms with Gasteiger partial charge in [-0.3, -0.25) is 0 Å². The highest BCUT2D eigenvalue weighted by molar-refractivity contribution is 4.84. The van der Waals surface area contributed by atoms with Crippen LogP contribution in [0.15, 0.2) is 0 Å². The maximum absolute atomic E-state index is 3.60. The van der Waals surface area contributed by atoms with E-state index >= 15 is 0 Å². The van der Waals surface area contributed by atoms with E-state index in [1.165, 1.54) is 51.6 Å². The van der Waals surface area contributed by atoms with Crippen LogP contribution in [-0.4, -0.2) is 13.1 Å². The van der Waals surface area contributed by atoms with E-state index < -0.39 is 0 Å². The van der Waals surface area contributed by atoms with Gasteiger partial charge in [-0.25, -0.2) is 0 Å². The highest BCUT2D eigenvalue weighted by atomic mass is 14.9. The smallest absolute Gasteiger partial charge is 0.00153 e. The van der Waals surface area contributed by atoms with Gasteiger partial charge in [0.05, 0.1) is 0 Å². The largest absolute Gasteiger partial charge is 0.316 e. The maximum Gasteiger partial charge on any atom is -0.00153 e. The zero-order valence-electron chi connectivity index (χ0n) is 10.5. The van der Waals surface area contributed by atoms with E-state index in [1.54, 1.807) is 0 Å². The van der Waals surface area contributed by atoms with Crippen molar-refractivity contribution in [2.75, 3.05) is 13.1 Å². The van der Waals surface area contributed by atoms with Gasteiger partial charge in [-0.2, -0.15) is 0 Å². The Kier molecular flexibility index (Phi) is 4.07. The molecule has 1 heteroatoms. The summed E-state index contributed by atoms with van der Waals surface area (Å²) in [6.07, 6.45) is 8.83. The molecule has 0 spiro atoms. The molecule has 1 nitrogen and oxygen atoms in total. The number of hydrogen-bond acceptors (Lipinski definition) is 1. The minimum atomic E-state index is 0.965. The van der Waals surface area contributed by atoms with Crippen molar-refractivity contribution in [3.8, 4) is 0 Å². The highest BCUT2D eigenvalue weighted by Crippen LogP contribution is 2.39. The highest BCUT2D eigenvalue weighted by Gasteiger charge is 2.32. The van der Waals surface area contributed by atoms with Crippen LogP contribution in [0.5, 0.6) is 0 Å². The normalized spacial score (nSPS) is 42.8. The second-order valence-corrected chi connectivity index (χ2v) is 5.83. The van der Waals surface area contributed by atoms with E-state index in [0.29, 0.717) is 0 Å². The van der Waals surface area contributed by atoms with Crippen molar-refractivity contribution >= 4 is 0 Å². The fourth-order valence-corrected chi connectivity index (χ4v) is 3.74. The Morgan fingerprint density at radius 1 is 1.20 bits per heavy atom. The van der Waals surface area contributed by atoms with Crippen LogP contribution in [0.4, 0.5) is 0 Å². The molecule has 4 atom stereocenters. The molecule has 0 bridgehead atoms. The minimum absolute atomic E-state index is 0.965. The first kappa shape index (κ1) is 11.4. The number of piperidine rings is 1. The summed E-state index contributed by atoms with van der Waals surface area (Å²) in [6.45, 7) is 7.39. The van der Waals surface area contributed by atoms with Gasteiger partial charge in [0.25, 0.3) is 0 Å². The fourth-order valence-electron chi connectivity index (χ4n) is 3.74. The fraction of sp³-hybridized carbons (Fsp3) is 1.00. The zero-order chi connectivity index (χ0) is 10.7. The summed E-state index contributed by atoms with van der Waals surface area (Å²) in [7, 11) is 0. The van der Waals surface area contributed by atoms with Crippen molar-refractivity contribution in [1.29, 1.82) is 0 Å². The lowest BCUT2D eigenvalue weighted by Gasteiger charge is -2.40. The van der Waals surface area contributed by atoms with Crippen LogP contribution in [0, 0.1) is 23.7 Å². The Bertz CT molecular complexity index is 190. The summed E-state index contributed by atoms with van der Waals surface area (Å²) >= 11 is 0. The average molecular weight is 209 g/mol. The molecule has 1 saturated carbocycles. The molecule has 0 aromatic rings. The summed E-state index contributed by atoms with van der Waals surface area (Å²) < 4.78 is 0. The number of nitrogens with one attached hydrogen (secondary N) is 1. The SMILES string of the molecule is CCC1CCCC(C2CNCCC2C)C1. The van der Waals surface area contributed by atoms with Crippen LogP contribution in [0.2, 0.25) is 0 Å². The number of rotatable bonds is 2. The van der Waals surface area contributed by atoms with Crippen molar-refractivity contribution in [1.82, 2.24) is 5.32 Å². The lowest BCUT2D eigenvalue weighted by molar-refractivity contribution is 0.125. The Morgan fingerprint density at radius 3 is 2.80 bits per heavy atom. The van der Waals surface area contributed by atoms with Gasteiger partial charge >= 0.3 is 0 Å². The van der Waals surface area contributed by atoms with E-state index in [-0.39, 0.29) is 0 Å². The lowest BCUT2D eigenvalue weighted by Crippen LogP contribution is -2.40. The quantitative estimate of drug-likeness (QED) is 0.734. The molecule has 88 valence electrons. The van der Waals surface area contributed by atoms with Gasteiger partial charge in [0.15, 0.2) is 0 Å². The lowest BCUT2D eigenvalue weighted by atomic mass is 9.69. The van der Waals surface area contributed by atoms with E-state index in [2.05, 4.69) is 19.2 Å². The van der Waals surface area contributed by atoms with E-state index in [9.17, 15) is 0 Å². The monoisotopic (exact) mass is 209 g/mol. The van der Waals surface area contributed by atoms with Crippen LogP contribution in [-0.2, 0) is 0 Å². The Balaban J connectivity index is 1.90. The predicted octanol–water partition coefficient (Wildman–Crippen LogP) is 3.45. The maximum atomic E-state index is 3.60. The van der Waals surface area contributed by atoms with Crippen molar-refractivity contribution in [3.63, 3.8) is 0 Å². The van der Waals surface area contributed by atoms with Crippen LogP contribution in [0.25, 0.3) is 0 Å². The predicted molar refractivity (Wildman–Crippen MR) is 65.9 cm³/mol. The molecule has 2 fully saturated rings. The van der Waals surface area contributed by atoms with E-state index in [0.717, 1.165) is 23.7 Å². The molecule has 0 aromatic carbocycles. The average Bonchev–Trinajstić information content (AvgIpc) is 2.30. The first-order chi connectivity index (χ1) is 7.31. The molecule has 2 aliphatic rings. The molecule has 1 heterocycles. The Hall–Kier alpha value is -0.0400. The van der Waals surface area contributed by atoms with Crippen molar-refractivity contribution in [3.05, 3.63) is 0 Å². The van der Waals surface area contributed by atoms with Gasteiger partial charge in [-0.1, -0.05) is 39.5 Å². The summed E-state index contributed by atoms with van der Waals surface area (Å²) in [5, 5.41) is 3.60. The minimum Gasteiger partial charge on any atom is -0.316 e. The zero-order valence-corrected chi connectivity index (χ0v) is 10.5. The molecule has 2 rings (SSSR count). The second-order valence-electron chi connectivity index (χ2n) is 5.83. The van der Waals surface area contributed by atoms with Gasteiger partial charge in [-0.15, -0.1) is 0 Å². The molecule has 1 aliphatic heterocycles.